The van der Waals surface area contributed by atoms with Crippen LogP contribution in [0.4, 0.5) is 4.79 Å². The average molecular weight is 368 g/mol. The summed E-state index contributed by atoms with van der Waals surface area (Å²) in [6.45, 7) is 12.2. The first-order valence-corrected chi connectivity index (χ1v) is 10.4. The number of hydrogen-bond donors (Lipinski definition) is 2. The summed E-state index contributed by atoms with van der Waals surface area (Å²) in [6.07, 6.45) is 5.43. The second-order valence-corrected chi connectivity index (χ2v) is 7.13. The molecule has 0 spiro atoms. The van der Waals surface area contributed by atoms with Crippen molar-refractivity contribution in [2.24, 2.45) is 4.99 Å². The van der Waals surface area contributed by atoms with Crippen LogP contribution in [0.25, 0.3) is 0 Å². The number of carbonyl (C=O) groups is 1. The molecule has 0 bridgehead atoms. The monoisotopic (exact) mass is 367 g/mol. The lowest BCUT2D eigenvalue weighted by Crippen LogP contribution is -2.50. The third kappa shape index (κ3) is 6.34. The van der Waals surface area contributed by atoms with Gasteiger partial charge < -0.3 is 20.3 Å². The van der Waals surface area contributed by atoms with Crippen molar-refractivity contribution in [2.75, 3.05) is 45.9 Å². The molecule has 1 atom stereocenters. The average Bonchev–Trinajstić information content (AvgIpc) is 3.17. The largest absolute Gasteiger partial charge is 0.450 e. The number of rotatable bonds is 7. The van der Waals surface area contributed by atoms with Gasteiger partial charge in [-0.2, -0.15) is 0 Å². The van der Waals surface area contributed by atoms with Crippen molar-refractivity contribution < 1.29 is 9.53 Å². The molecule has 0 radical (unpaired) electrons. The van der Waals surface area contributed by atoms with Gasteiger partial charge in [-0.3, -0.25) is 9.89 Å². The first kappa shape index (κ1) is 20.8. The molecule has 2 N–H and O–H groups in total. The number of ether oxygens (including phenoxy) is 1. The number of piperidine rings is 1. The van der Waals surface area contributed by atoms with E-state index in [2.05, 4.69) is 29.4 Å². The quantitative estimate of drug-likeness (QED) is 0.532. The number of nitrogens with zero attached hydrogens (tertiary/aromatic N) is 3. The summed E-state index contributed by atoms with van der Waals surface area (Å²) in [5, 5.41) is 6.93. The van der Waals surface area contributed by atoms with Crippen LogP contribution in [0, 0.1) is 0 Å². The van der Waals surface area contributed by atoms with Crippen LogP contribution in [-0.2, 0) is 4.74 Å². The van der Waals surface area contributed by atoms with Gasteiger partial charge in [0.25, 0.3) is 0 Å². The van der Waals surface area contributed by atoms with Gasteiger partial charge in [-0.25, -0.2) is 4.79 Å². The molecule has 2 fully saturated rings. The summed E-state index contributed by atoms with van der Waals surface area (Å²) in [5.41, 5.74) is 0. The first-order valence-electron chi connectivity index (χ1n) is 10.4. The molecule has 7 heteroatoms. The summed E-state index contributed by atoms with van der Waals surface area (Å²) in [7, 11) is 0. The van der Waals surface area contributed by atoms with E-state index >= 15 is 0 Å². The molecule has 0 aliphatic carbocycles. The van der Waals surface area contributed by atoms with Gasteiger partial charge in [0.15, 0.2) is 5.96 Å². The molecule has 2 rings (SSSR count). The molecule has 150 valence electrons. The molecule has 1 unspecified atom stereocenters. The maximum Gasteiger partial charge on any atom is 0.409 e. The first-order chi connectivity index (χ1) is 12.7. The molecular formula is C19H37N5O2. The number of amides is 1. The highest BCUT2D eigenvalue weighted by molar-refractivity contribution is 5.80. The lowest BCUT2D eigenvalue weighted by molar-refractivity contribution is 0.0963. The van der Waals surface area contributed by atoms with Crippen molar-refractivity contribution in [1.29, 1.82) is 0 Å². The normalized spacial score (nSPS) is 20.9. The molecule has 0 aromatic carbocycles. The van der Waals surface area contributed by atoms with E-state index in [0.717, 1.165) is 51.4 Å². The lowest BCUT2D eigenvalue weighted by atomic mass is 10.1. The predicted molar refractivity (Wildman–Crippen MR) is 106 cm³/mol. The van der Waals surface area contributed by atoms with Crippen molar-refractivity contribution >= 4 is 12.1 Å². The Labute approximate surface area is 158 Å². The van der Waals surface area contributed by atoms with E-state index in [1.807, 2.05) is 6.92 Å². The molecule has 0 aromatic heterocycles. The van der Waals surface area contributed by atoms with Crippen LogP contribution in [0.2, 0.25) is 0 Å². The Hall–Kier alpha value is -1.50. The molecule has 7 nitrogen and oxygen atoms in total. The smallest absolute Gasteiger partial charge is 0.409 e. The van der Waals surface area contributed by atoms with Crippen LogP contribution in [0.5, 0.6) is 0 Å². The van der Waals surface area contributed by atoms with E-state index < -0.39 is 0 Å². The SMILES string of the molecule is CCNC(=NCC(CC)N1CCCC1)NC1CCN(C(=O)OCC)CC1. The van der Waals surface area contributed by atoms with Gasteiger partial charge in [0.2, 0.25) is 0 Å². The summed E-state index contributed by atoms with van der Waals surface area (Å²) >= 11 is 0. The van der Waals surface area contributed by atoms with Gasteiger partial charge in [0.05, 0.1) is 13.2 Å². The second kappa shape index (κ2) is 11.3. The summed E-state index contributed by atoms with van der Waals surface area (Å²) in [5.74, 6) is 0.903. The van der Waals surface area contributed by atoms with E-state index in [-0.39, 0.29) is 6.09 Å². The van der Waals surface area contributed by atoms with Gasteiger partial charge in [-0.05, 0) is 59.0 Å². The fourth-order valence-corrected chi connectivity index (χ4v) is 3.74. The Morgan fingerprint density at radius 3 is 2.42 bits per heavy atom. The summed E-state index contributed by atoms with van der Waals surface area (Å²) < 4.78 is 5.09. The van der Waals surface area contributed by atoms with Crippen molar-refractivity contribution in [1.82, 2.24) is 20.4 Å². The highest BCUT2D eigenvalue weighted by atomic mass is 16.6. The zero-order valence-corrected chi connectivity index (χ0v) is 16.8. The van der Waals surface area contributed by atoms with Crippen molar-refractivity contribution in [3.63, 3.8) is 0 Å². The van der Waals surface area contributed by atoms with E-state index in [9.17, 15) is 4.79 Å². The number of guanidine groups is 1. The Kier molecular flexibility index (Phi) is 9.01. The van der Waals surface area contributed by atoms with Crippen molar-refractivity contribution in [3.05, 3.63) is 0 Å². The van der Waals surface area contributed by atoms with Crippen LogP contribution in [-0.4, -0.2) is 79.8 Å². The van der Waals surface area contributed by atoms with Gasteiger partial charge >= 0.3 is 6.09 Å². The number of carbonyl (C=O) groups excluding carboxylic acids is 1. The van der Waals surface area contributed by atoms with Crippen LogP contribution in [0.15, 0.2) is 4.99 Å². The van der Waals surface area contributed by atoms with Gasteiger partial charge in [-0.15, -0.1) is 0 Å². The Morgan fingerprint density at radius 1 is 1.15 bits per heavy atom. The molecule has 2 aliphatic rings. The van der Waals surface area contributed by atoms with E-state index in [4.69, 9.17) is 9.73 Å². The topological polar surface area (TPSA) is 69.2 Å². The van der Waals surface area contributed by atoms with E-state index in [1.165, 1.54) is 25.9 Å². The highest BCUT2D eigenvalue weighted by Gasteiger charge is 2.24. The predicted octanol–water partition coefficient (Wildman–Crippen LogP) is 2.04. The standard InChI is InChI=1S/C19H37N5O2/c1-4-17(23-11-7-8-12-23)15-21-18(20-5-2)22-16-9-13-24(14-10-16)19(25)26-6-3/h16-17H,4-15H2,1-3H3,(H2,20,21,22). The van der Waals surface area contributed by atoms with Gasteiger partial charge in [0.1, 0.15) is 0 Å². The van der Waals surface area contributed by atoms with Crippen LogP contribution < -0.4 is 10.6 Å². The fourth-order valence-electron chi connectivity index (χ4n) is 3.74. The van der Waals surface area contributed by atoms with E-state index in [1.54, 1.807) is 4.90 Å². The Bertz CT molecular complexity index is 443. The molecule has 0 aromatic rings. The van der Waals surface area contributed by atoms with Gasteiger partial charge in [-0.1, -0.05) is 6.92 Å². The molecular weight excluding hydrogens is 330 g/mol. The maximum absolute atomic E-state index is 11.8. The minimum atomic E-state index is -0.192. The van der Waals surface area contributed by atoms with Crippen molar-refractivity contribution in [2.45, 2.75) is 65.0 Å². The minimum Gasteiger partial charge on any atom is -0.450 e. The van der Waals surface area contributed by atoms with Crippen molar-refractivity contribution in [3.8, 4) is 0 Å². The summed E-state index contributed by atoms with van der Waals surface area (Å²) in [6, 6.07) is 0.893. The lowest BCUT2D eigenvalue weighted by Gasteiger charge is -2.32. The zero-order valence-electron chi connectivity index (χ0n) is 16.8. The van der Waals surface area contributed by atoms with Gasteiger partial charge in [0, 0.05) is 31.7 Å². The molecule has 26 heavy (non-hydrogen) atoms. The minimum absolute atomic E-state index is 0.192. The van der Waals surface area contributed by atoms with Crippen LogP contribution >= 0.6 is 0 Å². The molecule has 1 amide bonds. The number of nitrogens with one attached hydrogen (secondary N) is 2. The number of aliphatic imine (C=N–C) groups is 1. The molecule has 2 saturated heterocycles. The number of hydrogen-bond acceptors (Lipinski definition) is 4. The summed E-state index contributed by atoms with van der Waals surface area (Å²) in [4.78, 5) is 21.0. The highest BCUT2D eigenvalue weighted by Crippen LogP contribution is 2.15. The van der Waals surface area contributed by atoms with E-state index in [0.29, 0.717) is 18.7 Å². The third-order valence-electron chi connectivity index (χ3n) is 5.29. The number of likely N-dealkylation sites (tertiary alicyclic amines) is 2. The fraction of sp³-hybridized carbons (Fsp3) is 0.895. The molecule has 2 aliphatic heterocycles. The third-order valence-corrected chi connectivity index (χ3v) is 5.29. The maximum atomic E-state index is 11.8. The van der Waals surface area contributed by atoms with Crippen LogP contribution in [0.3, 0.4) is 0 Å². The Morgan fingerprint density at radius 2 is 1.85 bits per heavy atom. The Balaban J connectivity index is 1.82. The van der Waals surface area contributed by atoms with Crippen LogP contribution in [0.1, 0.15) is 52.9 Å². The molecule has 2 heterocycles. The second-order valence-electron chi connectivity index (χ2n) is 7.13. The molecule has 0 saturated carbocycles. The zero-order chi connectivity index (χ0) is 18.8.